The SMILES string of the molecule is CC(CNCc1ccc(Br)c(Br)c1)C(C)(C)C. The molecule has 0 saturated carbocycles. The monoisotopic (exact) mass is 361 g/mol. The second kappa shape index (κ2) is 6.35. The van der Waals surface area contributed by atoms with E-state index in [2.05, 4.69) is 83.1 Å². The minimum absolute atomic E-state index is 0.368. The highest BCUT2D eigenvalue weighted by atomic mass is 79.9. The summed E-state index contributed by atoms with van der Waals surface area (Å²) in [6, 6.07) is 6.37. The van der Waals surface area contributed by atoms with Gasteiger partial charge in [0, 0.05) is 15.5 Å². The molecule has 0 spiro atoms. The molecule has 1 aromatic carbocycles. The lowest BCUT2D eigenvalue weighted by Gasteiger charge is -2.27. The van der Waals surface area contributed by atoms with Crippen LogP contribution in [0.1, 0.15) is 33.3 Å². The molecule has 0 aromatic heterocycles. The van der Waals surface area contributed by atoms with Gasteiger partial charge in [-0.2, -0.15) is 0 Å². The number of hydrogen-bond donors (Lipinski definition) is 1. The summed E-state index contributed by atoms with van der Waals surface area (Å²) in [6.07, 6.45) is 0. The van der Waals surface area contributed by atoms with Crippen molar-refractivity contribution in [2.75, 3.05) is 6.54 Å². The summed E-state index contributed by atoms with van der Waals surface area (Å²) in [5.74, 6) is 0.668. The highest BCUT2D eigenvalue weighted by Crippen LogP contribution is 2.25. The minimum atomic E-state index is 0.368. The first kappa shape index (κ1) is 15.2. The summed E-state index contributed by atoms with van der Waals surface area (Å²) in [7, 11) is 0. The second-order valence-corrected chi connectivity index (χ2v) is 7.36. The summed E-state index contributed by atoms with van der Waals surface area (Å²) in [6.45, 7) is 11.1. The first-order valence-corrected chi connectivity index (χ1v) is 7.54. The molecule has 0 saturated heterocycles. The Kier molecular flexibility index (Phi) is 5.68. The van der Waals surface area contributed by atoms with Crippen molar-refractivity contribution in [3.05, 3.63) is 32.7 Å². The van der Waals surface area contributed by atoms with Crippen LogP contribution in [0.25, 0.3) is 0 Å². The molecule has 0 amide bonds. The van der Waals surface area contributed by atoms with Crippen molar-refractivity contribution in [3.63, 3.8) is 0 Å². The van der Waals surface area contributed by atoms with E-state index in [1.165, 1.54) is 5.56 Å². The van der Waals surface area contributed by atoms with E-state index < -0.39 is 0 Å². The zero-order valence-corrected chi connectivity index (χ0v) is 14.2. The van der Waals surface area contributed by atoms with Gasteiger partial charge in [-0.25, -0.2) is 0 Å². The molecule has 0 aliphatic heterocycles. The third kappa shape index (κ3) is 5.11. The summed E-state index contributed by atoms with van der Waals surface area (Å²) in [4.78, 5) is 0. The Bertz CT molecular complexity index is 369. The van der Waals surface area contributed by atoms with E-state index in [1.807, 2.05) is 0 Å². The Morgan fingerprint density at radius 3 is 2.35 bits per heavy atom. The average Bonchev–Trinajstić information content (AvgIpc) is 2.22. The Labute approximate surface area is 122 Å². The van der Waals surface area contributed by atoms with Gasteiger partial charge < -0.3 is 5.32 Å². The molecule has 1 unspecified atom stereocenters. The minimum Gasteiger partial charge on any atom is -0.312 e. The first-order chi connectivity index (χ1) is 7.80. The maximum absolute atomic E-state index is 3.52. The van der Waals surface area contributed by atoms with Crippen LogP contribution >= 0.6 is 31.9 Å². The molecule has 0 fully saturated rings. The van der Waals surface area contributed by atoms with Gasteiger partial charge in [0.1, 0.15) is 0 Å². The second-order valence-electron chi connectivity index (χ2n) is 5.65. The van der Waals surface area contributed by atoms with Gasteiger partial charge in [0.2, 0.25) is 0 Å². The summed E-state index contributed by atoms with van der Waals surface area (Å²) in [5.41, 5.74) is 1.68. The standard InChI is InChI=1S/C14H21Br2N/c1-10(14(2,3)4)8-17-9-11-5-6-12(15)13(16)7-11/h5-7,10,17H,8-9H2,1-4H3. The number of rotatable bonds is 4. The fraction of sp³-hybridized carbons (Fsp3) is 0.571. The van der Waals surface area contributed by atoms with Crippen LogP contribution in [0.2, 0.25) is 0 Å². The van der Waals surface area contributed by atoms with Gasteiger partial charge in [0.15, 0.2) is 0 Å². The van der Waals surface area contributed by atoms with Crippen molar-refractivity contribution in [2.45, 2.75) is 34.2 Å². The van der Waals surface area contributed by atoms with Crippen LogP contribution in [0.3, 0.4) is 0 Å². The normalized spacial score (nSPS) is 13.8. The van der Waals surface area contributed by atoms with Gasteiger partial charge in [-0.1, -0.05) is 33.8 Å². The van der Waals surface area contributed by atoms with Crippen LogP contribution in [0.5, 0.6) is 0 Å². The smallest absolute Gasteiger partial charge is 0.0320 e. The van der Waals surface area contributed by atoms with Gasteiger partial charge >= 0.3 is 0 Å². The molecular weight excluding hydrogens is 342 g/mol. The van der Waals surface area contributed by atoms with Crippen molar-refractivity contribution in [1.29, 1.82) is 0 Å². The summed E-state index contributed by atoms with van der Waals surface area (Å²) >= 11 is 7.00. The molecule has 1 rings (SSSR count). The molecule has 0 bridgehead atoms. The van der Waals surface area contributed by atoms with E-state index in [0.29, 0.717) is 11.3 Å². The highest BCUT2D eigenvalue weighted by Gasteiger charge is 2.19. The zero-order chi connectivity index (χ0) is 13.1. The predicted molar refractivity (Wildman–Crippen MR) is 82.2 cm³/mol. The van der Waals surface area contributed by atoms with Crippen LogP contribution in [-0.4, -0.2) is 6.54 Å². The molecule has 0 aliphatic rings. The predicted octanol–water partition coefficient (Wildman–Crippen LogP) is 4.98. The maximum Gasteiger partial charge on any atom is 0.0320 e. The number of nitrogens with one attached hydrogen (secondary N) is 1. The number of halogens is 2. The van der Waals surface area contributed by atoms with Crippen molar-refractivity contribution in [1.82, 2.24) is 5.32 Å². The van der Waals surface area contributed by atoms with Crippen molar-refractivity contribution < 1.29 is 0 Å². The zero-order valence-electron chi connectivity index (χ0n) is 11.0. The lowest BCUT2D eigenvalue weighted by atomic mass is 9.82. The van der Waals surface area contributed by atoms with Crippen LogP contribution in [-0.2, 0) is 6.54 Å². The Morgan fingerprint density at radius 1 is 1.18 bits per heavy atom. The third-order valence-electron chi connectivity index (χ3n) is 3.24. The van der Waals surface area contributed by atoms with E-state index in [1.54, 1.807) is 0 Å². The highest BCUT2D eigenvalue weighted by molar-refractivity contribution is 9.13. The Balaban J connectivity index is 2.44. The van der Waals surface area contributed by atoms with Crippen LogP contribution in [0.4, 0.5) is 0 Å². The summed E-state index contributed by atoms with van der Waals surface area (Å²) in [5, 5.41) is 3.52. The van der Waals surface area contributed by atoms with Crippen LogP contribution in [0.15, 0.2) is 27.1 Å². The number of benzene rings is 1. The van der Waals surface area contributed by atoms with E-state index in [-0.39, 0.29) is 0 Å². The first-order valence-electron chi connectivity index (χ1n) is 5.95. The van der Waals surface area contributed by atoms with E-state index >= 15 is 0 Å². The fourth-order valence-electron chi connectivity index (χ4n) is 1.39. The maximum atomic E-state index is 3.52. The molecule has 1 nitrogen and oxygen atoms in total. The quantitative estimate of drug-likeness (QED) is 0.796. The lowest BCUT2D eigenvalue weighted by Crippen LogP contribution is -2.29. The lowest BCUT2D eigenvalue weighted by molar-refractivity contribution is 0.252. The molecular formula is C14H21Br2N. The molecule has 1 N–H and O–H groups in total. The molecule has 0 aliphatic carbocycles. The molecule has 0 radical (unpaired) electrons. The molecule has 1 aromatic rings. The van der Waals surface area contributed by atoms with Gasteiger partial charge in [0.05, 0.1) is 0 Å². The fourth-order valence-corrected chi connectivity index (χ4v) is 2.06. The molecule has 3 heteroatoms. The van der Waals surface area contributed by atoms with Crippen LogP contribution < -0.4 is 5.32 Å². The molecule has 1 atom stereocenters. The summed E-state index contributed by atoms with van der Waals surface area (Å²) < 4.78 is 2.21. The van der Waals surface area contributed by atoms with Gasteiger partial charge in [-0.05, 0) is 67.4 Å². The van der Waals surface area contributed by atoms with Gasteiger partial charge in [0.25, 0.3) is 0 Å². The third-order valence-corrected chi connectivity index (χ3v) is 5.12. The number of hydrogen-bond acceptors (Lipinski definition) is 1. The molecule has 96 valence electrons. The Morgan fingerprint density at radius 2 is 1.82 bits per heavy atom. The average molecular weight is 363 g/mol. The largest absolute Gasteiger partial charge is 0.312 e. The topological polar surface area (TPSA) is 12.0 Å². The van der Waals surface area contributed by atoms with E-state index in [0.717, 1.165) is 22.0 Å². The molecule has 17 heavy (non-hydrogen) atoms. The Hall–Kier alpha value is 0.140. The van der Waals surface area contributed by atoms with Crippen molar-refractivity contribution in [2.24, 2.45) is 11.3 Å². The van der Waals surface area contributed by atoms with Gasteiger partial charge in [-0.3, -0.25) is 0 Å². The van der Waals surface area contributed by atoms with Crippen LogP contribution in [0, 0.1) is 11.3 Å². The van der Waals surface area contributed by atoms with Crippen molar-refractivity contribution >= 4 is 31.9 Å². The van der Waals surface area contributed by atoms with Crippen molar-refractivity contribution in [3.8, 4) is 0 Å². The van der Waals surface area contributed by atoms with E-state index in [9.17, 15) is 0 Å². The van der Waals surface area contributed by atoms with E-state index in [4.69, 9.17) is 0 Å². The molecule has 0 heterocycles. The van der Waals surface area contributed by atoms with Gasteiger partial charge in [-0.15, -0.1) is 0 Å².